The fourth-order valence-electron chi connectivity index (χ4n) is 5.39. The number of aryl methyl sites for hydroxylation is 1. The van der Waals surface area contributed by atoms with Crippen LogP contribution in [0.25, 0.3) is 33.3 Å². The van der Waals surface area contributed by atoms with Crippen molar-refractivity contribution in [2.75, 3.05) is 0 Å². The van der Waals surface area contributed by atoms with Crippen LogP contribution in [0.5, 0.6) is 0 Å². The summed E-state index contributed by atoms with van der Waals surface area (Å²) >= 11 is 6.64. The lowest BCUT2D eigenvalue weighted by Gasteiger charge is -2.10. The third-order valence-corrected chi connectivity index (χ3v) is 7.45. The molecule has 0 radical (unpaired) electrons. The zero-order valence-electron chi connectivity index (χ0n) is 22.9. The minimum atomic E-state index is -0.422. The molecular weight excluding hydrogens is 526 g/mol. The molecule has 0 fully saturated rings. The summed E-state index contributed by atoms with van der Waals surface area (Å²) in [4.78, 5) is 26.8. The van der Waals surface area contributed by atoms with Gasteiger partial charge in [-0.3, -0.25) is 23.3 Å². The van der Waals surface area contributed by atoms with Crippen LogP contribution in [0.1, 0.15) is 25.0 Å². The van der Waals surface area contributed by atoms with E-state index in [1.165, 1.54) is 12.6 Å². The highest BCUT2D eigenvalue weighted by molar-refractivity contribution is 6.33. The topological polar surface area (TPSA) is 84.6 Å². The zero-order chi connectivity index (χ0) is 28.1. The van der Waals surface area contributed by atoms with Gasteiger partial charge in [-0.25, -0.2) is 4.79 Å². The molecule has 0 saturated carbocycles. The largest absolute Gasteiger partial charge is 0.343 e. The van der Waals surface area contributed by atoms with Gasteiger partial charge in [0.25, 0.3) is 5.56 Å². The minimum Gasteiger partial charge on any atom is -0.343 e. The molecule has 4 aromatic heterocycles. The number of benzene rings is 2. The van der Waals surface area contributed by atoms with E-state index in [-0.39, 0.29) is 5.92 Å². The Labute approximate surface area is 235 Å². The fourth-order valence-corrected chi connectivity index (χ4v) is 5.66. The molecule has 6 rings (SSSR count). The third kappa shape index (κ3) is 4.36. The van der Waals surface area contributed by atoms with Gasteiger partial charge in [-0.1, -0.05) is 74.0 Å². The summed E-state index contributed by atoms with van der Waals surface area (Å²) in [6.45, 7) is 5.55. The van der Waals surface area contributed by atoms with E-state index in [4.69, 9.17) is 16.7 Å². The second-order valence-corrected chi connectivity index (χ2v) is 11.0. The van der Waals surface area contributed by atoms with Crippen LogP contribution in [-0.2, 0) is 33.7 Å². The molecule has 0 atom stereocenters. The number of para-hydroxylation sites is 1. The van der Waals surface area contributed by atoms with Crippen molar-refractivity contribution >= 4 is 33.5 Å². The highest BCUT2D eigenvalue weighted by atomic mass is 35.5. The quantitative estimate of drug-likeness (QED) is 0.287. The molecule has 204 valence electrons. The van der Waals surface area contributed by atoms with E-state index in [2.05, 4.69) is 40.1 Å². The SMILES string of the molecule is CC(C)Cn1c(=O)n(C)c(=O)c2c(-c3nn(C)cc3Cl)n(Cc3cn(Cc4ccccc4)c4ccccc34)nc21. The second kappa shape index (κ2) is 9.98. The molecule has 40 heavy (non-hydrogen) atoms. The Hall–Kier alpha value is -4.37. The van der Waals surface area contributed by atoms with Crippen molar-refractivity contribution in [1.29, 1.82) is 0 Å². The number of rotatable bonds is 7. The lowest BCUT2D eigenvalue weighted by Crippen LogP contribution is -2.38. The van der Waals surface area contributed by atoms with Crippen LogP contribution in [0, 0.1) is 5.92 Å². The molecule has 10 heteroatoms. The van der Waals surface area contributed by atoms with Crippen molar-refractivity contribution in [2.24, 2.45) is 20.0 Å². The van der Waals surface area contributed by atoms with Crippen molar-refractivity contribution in [1.82, 2.24) is 33.3 Å². The van der Waals surface area contributed by atoms with Crippen LogP contribution < -0.4 is 11.2 Å². The van der Waals surface area contributed by atoms with Crippen molar-refractivity contribution in [3.63, 3.8) is 0 Å². The molecule has 0 unspecified atom stereocenters. The summed E-state index contributed by atoms with van der Waals surface area (Å²) in [5.41, 5.74) is 3.80. The van der Waals surface area contributed by atoms with E-state index >= 15 is 0 Å². The first-order valence-electron chi connectivity index (χ1n) is 13.2. The highest BCUT2D eigenvalue weighted by Gasteiger charge is 2.26. The summed E-state index contributed by atoms with van der Waals surface area (Å²) in [6, 6.07) is 18.6. The molecule has 6 aromatic rings. The van der Waals surface area contributed by atoms with E-state index in [1.54, 1.807) is 27.2 Å². The van der Waals surface area contributed by atoms with Crippen LogP contribution in [0.3, 0.4) is 0 Å². The van der Waals surface area contributed by atoms with Crippen molar-refractivity contribution in [3.05, 3.63) is 104 Å². The van der Waals surface area contributed by atoms with Gasteiger partial charge in [-0.2, -0.15) is 10.2 Å². The van der Waals surface area contributed by atoms with E-state index in [0.717, 1.165) is 27.6 Å². The van der Waals surface area contributed by atoms with E-state index in [0.29, 0.717) is 40.5 Å². The maximum Gasteiger partial charge on any atom is 0.332 e. The van der Waals surface area contributed by atoms with E-state index in [1.807, 2.05) is 44.2 Å². The Morgan fingerprint density at radius 2 is 1.62 bits per heavy atom. The highest BCUT2D eigenvalue weighted by Crippen LogP contribution is 2.32. The van der Waals surface area contributed by atoms with E-state index in [9.17, 15) is 9.59 Å². The van der Waals surface area contributed by atoms with Gasteiger partial charge in [0, 0.05) is 50.5 Å². The smallest absolute Gasteiger partial charge is 0.332 e. The van der Waals surface area contributed by atoms with Gasteiger partial charge in [0.2, 0.25) is 0 Å². The summed E-state index contributed by atoms with van der Waals surface area (Å²) in [7, 11) is 3.28. The average Bonchev–Trinajstić information content (AvgIpc) is 3.58. The van der Waals surface area contributed by atoms with Crippen molar-refractivity contribution < 1.29 is 0 Å². The zero-order valence-corrected chi connectivity index (χ0v) is 23.6. The standard InChI is InChI=1S/C30H30ClN7O2/c1-19(2)14-37-28-25(29(39)35(4)30(37)40)27(26-23(31)18-34(3)32-26)38(33-28)17-21-16-36(15-20-10-6-5-7-11-20)24-13-9-8-12-22(21)24/h5-13,16,18-19H,14-15,17H2,1-4H3. The molecule has 0 spiro atoms. The van der Waals surface area contributed by atoms with Gasteiger partial charge in [-0.05, 0) is 23.1 Å². The predicted octanol–water partition coefficient (Wildman–Crippen LogP) is 4.66. The lowest BCUT2D eigenvalue weighted by molar-refractivity contribution is 0.498. The Bertz CT molecular complexity index is 1990. The van der Waals surface area contributed by atoms with Gasteiger partial charge >= 0.3 is 5.69 Å². The fraction of sp³-hybridized carbons (Fsp3) is 0.267. The number of hydrogen-bond donors (Lipinski definition) is 0. The van der Waals surface area contributed by atoms with Gasteiger partial charge in [0.1, 0.15) is 16.8 Å². The molecule has 2 aromatic carbocycles. The molecule has 4 heterocycles. The number of fused-ring (bicyclic) bond motifs is 2. The first-order chi connectivity index (χ1) is 19.2. The number of hydrogen-bond acceptors (Lipinski definition) is 4. The first kappa shape index (κ1) is 25.9. The normalized spacial score (nSPS) is 11.8. The molecule has 0 bridgehead atoms. The van der Waals surface area contributed by atoms with Crippen molar-refractivity contribution in [2.45, 2.75) is 33.5 Å². The number of nitrogens with zero attached hydrogens (tertiary/aromatic N) is 7. The van der Waals surface area contributed by atoms with Crippen LogP contribution in [0.15, 0.2) is 76.6 Å². The molecule has 0 aliphatic rings. The van der Waals surface area contributed by atoms with Crippen molar-refractivity contribution in [3.8, 4) is 11.4 Å². The summed E-state index contributed by atoms with van der Waals surface area (Å²) < 4.78 is 8.33. The Kier molecular flexibility index (Phi) is 6.46. The maximum atomic E-state index is 13.6. The van der Waals surface area contributed by atoms with Crippen LogP contribution in [0.2, 0.25) is 5.02 Å². The molecule has 0 amide bonds. The van der Waals surface area contributed by atoms with Crippen LogP contribution in [-0.4, -0.2) is 33.3 Å². The minimum absolute atomic E-state index is 0.168. The Morgan fingerprint density at radius 3 is 2.33 bits per heavy atom. The van der Waals surface area contributed by atoms with Gasteiger partial charge in [0.05, 0.1) is 11.6 Å². The first-order valence-corrected chi connectivity index (χ1v) is 13.6. The van der Waals surface area contributed by atoms with Gasteiger partial charge in [0.15, 0.2) is 5.65 Å². The molecular formula is C30H30ClN7O2. The molecule has 9 nitrogen and oxygen atoms in total. The Morgan fingerprint density at radius 1 is 0.900 bits per heavy atom. The second-order valence-electron chi connectivity index (χ2n) is 10.6. The number of aromatic nitrogens is 7. The molecule has 0 aliphatic carbocycles. The molecule has 0 saturated heterocycles. The Balaban J connectivity index is 1.60. The third-order valence-electron chi connectivity index (χ3n) is 7.17. The lowest BCUT2D eigenvalue weighted by atomic mass is 10.1. The van der Waals surface area contributed by atoms with Crippen LogP contribution in [0.4, 0.5) is 0 Å². The summed E-state index contributed by atoms with van der Waals surface area (Å²) in [6.07, 6.45) is 3.83. The molecule has 0 N–H and O–H groups in total. The van der Waals surface area contributed by atoms with Crippen LogP contribution >= 0.6 is 11.6 Å². The van der Waals surface area contributed by atoms with Gasteiger partial charge in [-0.15, -0.1) is 0 Å². The maximum absolute atomic E-state index is 13.6. The molecule has 0 aliphatic heterocycles. The van der Waals surface area contributed by atoms with E-state index < -0.39 is 11.2 Å². The average molecular weight is 556 g/mol. The van der Waals surface area contributed by atoms with Gasteiger partial charge < -0.3 is 4.57 Å². The monoisotopic (exact) mass is 555 g/mol. The summed E-state index contributed by atoms with van der Waals surface area (Å²) in [5.74, 6) is 0.168. The predicted molar refractivity (Wildman–Crippen MR) is 158 cm³/mol. The summed E-state index contributed by atoms with van der Waals surface area (Å²) in [5, 5.41) is 11.3. The number of halogens is 1.